The van der Waals surface area contributed by atoms with Gasteiger partial charge in [-0.25, -0.2) is 0 Å². The van der Waals surface area contributed by atoms with E-state index >= 15 is 0 Å². The molecule has 0 bridgehead atoms. The number of hydrogen-bond donors (Lipinski definition) is 1. The maximum Gasteiger partial charge on any atom is 0.138 e. The smallest absolute Gasteiger partial charge is 0.138 e. The molecule has 1 rings (SSSR count). The summed E-state index contributed by atoms with van der Waals surface area (Å²) in [4.78, 5) is 4.42. The lowest BCUT2D eigenvalue weighted by molar-refractivity contribution is 0.161. The lowest BCUT2D eigenvalue weighted by Crippen LogP contribution is -2.46. The number of aliphatic hydroxyl groups excluding tert-OH is 1. The first-order chi connectivity index (χ1) is 6.63. The maximum atomic E-state index is 8.85. The molecule has 0 saturated carbocycles. The summed E-state index contributed by atoms with van der Waals surface area (Å²) >= 11 is 6.97. The molecule has 1 saturated heterocycles. The van der Waals surface area contributed by atoms with E-state index in [0.29, 0.717) is 5.92 Å². The second-order valence-electron chi connectivity index (χ2n) is 3.92. The Labute approximate surface area is 95.4 Å². The van der Waals surface area contributed by atoms with Gasteiger partial charge in [0, 0.05) is 13.1 Å². The van der Waals surface area contributed by atoms with E-state index < -0.39 is 0 Å². The fourth-order valence-electron chi connectivity index (χ4n) is 1.43. The van der Waals surface area contributed by atoms with Crippen molar-refractivity contribution < 1.29 is 5.11 Å². The first-order valence-electron chi connectivity index (χ1n) is 4.88. The predicted octanol–water partition coefficient (Wildman–Crippen LogP) is 1.19. The summed E-state index contributed by atoms with van der Waals surface area (Å²) in [7, 11) is 0. The Kier molecular flexibility index (Phi) is 5.15. The highest BCUT2D eigenvalue weighted by atomic mass is 32.2. The lowest BCUT2D eigenvalue weighted by atomic mass is 10.2. The molecular weight excluding hydrogens is 216 g/mol. The number of thiocarbonyl (C=S) groups is 1. The number of rotatable bonds is 4. The number of thioether (sulfide) groups is 1. The van der Waals surface area contributed by atoms with E-state index in [1.807, 2.05) is 0 Å². The van der Waals surface area contributed by atoms with Crippen LogP contribution in [0.4, 0.5) is 0 Å². The van der Waals surface area contributed by atoms with Gasteiger partial charge in [0.1, 0.15) is 4.32 Å². The van der Waals surface area contributed by atoms with Crippen LogP contribution >= 0.6 is 24.0 Å². The van der Waals surface area contributed by atoms with Crippen molar-refractivity contribution in [2.24, 2.45) is 5.92 Å². The second kappa shape index (κ2) is 5.90. The van der Waals surface area contributed by atoms with Crippen LogP contribution in [0.5, 0.6) is 0 Å². The van der Waals surface area contributed by atoms with Gasteiger partial charge in [0.2, 0.25) is 0 Å². The Morgan fingerprint density at radius 2 is 2.29 bits per heavy atom. The average Bonchev–Trinajstić information content (AvgIpc) is 2.10. The second-order valence-corrected chi connectivity index (χ2v) is 5.49. The van der Waals surface area contributed by atoms with Crippen LogP contribution in [-0.2, 0) is 0 Å². The molecule has 1 N–H and O–H groups in total. The van der Waals surface area contributed by atoms with Gasteiger partial charge >= 0.3 is 0 Å². The molecule has 0 atom stereocenters. The molecular formula is C9H18N2OS2. The fourth-order valence-corrected chi connectivity index (χ4v) is 2.54. The number of aliphatic hydroxyl groups is 1. The lowest BCUT2D eigenvalue weighted by Gasteiger charge is -2.37. The Morgan fingerprint density at radius 3 is 2.86 bits per heavy atom. The molecule has 1 aliphatic heterocycles. The van der Waals surface area contributed by atoms with Crippen molar-refractivity contribution in [2.45, 2.75) is 13.8 Å². The highest BCUT2D eigenvalue weighted by Crippen LogP contribution is 2.19. The van der Waals surface area contributed by atoms with Crippen molar-refractivity contribution in [2.75, 3.05) is 32.2 Å². The Balaban J connectivity index is 2.42. The standard InChI is InChI=1S/C9H18N2OS2/c1-8(2)5-11-6-10(3-4-12)7-14-9(11)13/h8,12H,3-7H2,1-2H3. The van der Waals surface area contributed by atoms with Crippen LogP contribution in [0.1, 0.15) is 13.8 Å². The highest BCUT2D eigenvalue weighted by Gasteiger charge is 2.21. The molecule has 0 spiro atoms. The van der Waals surface area contributed by atoms with Crippen molar-refractivity contribution in [3.8, 4) is 0 Å². The van der Waals surface area contributed by atoms with Gasteiger partial charge in [-0.2, -0.15) is 0 Å². The molecule has 0 aromatic carbocycles. The van der Waals surface area contributed by atoms with Crippen LogP contribution in [0.15, 0.2) is 0 Å². The molecule has 82 valence electrons. The largest absolute Gasteiger partial charge is 0.395 e. The summed E-state index contributed by atoms with van der Waals surface area (Å²) in [5.41, 5.74) is 0. The van der Waals surface area contributed by atoms with Crippen molar-refractivity contribution in [1.29, 1.82) is 0 Å². The van der Waals surface area contributed by atoms with E-state index in [0.717, 1.165) is 30.0 Å². The van der Waals surface area contributed by atoms with E-state index in [1.165, 1.54) is 0 Å². The molecule has 0 radical (unpaired) electrons. The number of β-amino-alcohol motifs (C(OH)–C–C–N with tert-alkyl or cyclic N) is 1. The van der Waals surface area contributed by atoms with Gasteiger partial charge in [-0.1, -0.05) is 37.8 Å². The average molecular weight is 234 g/mol. The monoisotopic (exact) mass is 234 g/mol. The van der Waals surface area contributed by atoms with Gasteiger partial charge in [-0.3, -0.25) is 4.90 Å². The Hall–Kier alpha value is 0.160. The van der Waals surface area contributed by atoms with Crippen LogP contribution in [0.3, 0.4) is 0 Å². The first-order valence-corrected chi connectivity index (χ1v) is 6.27. The van der Waals surface area contributed by atoms with Crippen LogP contribution in [0.2, 0.25) is 0 Å². The van der Waals surface area contributed by atoms with E-state index in [2.05, 4.69) is 23.6 Å². The minimum atomic E-state index is 0.225. The van der Waals surface area contributed by atoms with Crippen LogP contribution in [0, 0.1) is 5.92 Å². The molecule has 0 amide bonds. The molecule has 14 heavy (non-hydrogen) atoms. The van der Waals surface area contributed by atoms with Crippen LogP contribution in [0.25, 0.3) is 0 Å². The molecule has 1 heterocycles. The van der Waals surface area contributed by atoms with Gasteiger partial charge in [-0.05, 0) is 5.92 Å². The molecule has 1 fully saturated rings. The van der Waals surface area contributed by atoms with Gasteiger partial charge in [0.25, 0.3) is 0 Å². The van der Waals surface area contributed by atoms with Crippen molar-refractivity contribution >= 4 is 28.3 Å². The van der Waals surface area contributed by atoms with Crippen molar-refractivity contribution in [3.05, 3.63) is 0 Å². The third-order valence-electron chi connectivity index (χ3n) is 2.00. The zero-order valence-corrected chi connectivity index (χ0v) is 10.4. The summed E-state index contributed by atoms with van der Waals surface area (Å²) in [6, 6.07) is 0. The Morgan fingerprint density at radius 1 is 1.57 bits per heavy atom. The third kappa shape index (κ3) is 3.73. The Bertz CT molecular complexity index is 199. The summed E-state index contributed by atoms with van der Waals surface area (Å²) in [5, 5.41) is 8.85. The molecule has 1 aliphatic rings. The molecule has 5 heteroatoms. The number of nitrogens with zero attached hydrogens (tertiary/aromatic N) is 2. The van der Waals surface area contributed by atoms with Gasteiger partial charge in [-0.15, -0.1) is 0 Å². The normalized spacial score (nSPS) is 19.4. The van der Waals surface area contributed by atoms with Gasteiger partial charge < -0.3 is 10.0 Å². The SMILES string of the molecule is CC(C)CN1CN(CCO)CSC1=S. The van der Waals surface area contributed by atoms with E-state index in [9.17, 15) is 0 Å². The summed E-state index contributed by atoms with van der Waals surface area (Å²) < 4.78 is 0.993. The van der Waals surface area contributed by atoms with Gasteiger partial charge in [0.05, 0.1) is 19.2 Å². The number of hydrogen-bond acceptors (Lipinski definition) is 4. The summed E-state index contributed by atoms with van der Waals surface area (Å²) in [6.45, 7) is 7.22. The molecule has 0 aliphatic carbocycles. The van der Waals surface area contributed by atoms with E-state index in [1.54, 1.807) is 11.8 Å². The fraction of sp³-hybridized carbons (Fsp3) is 0.889. The third-order valence-corrected chi connectivity index (χ3v) is 3.61. The quantitative estimate of drug-likeness (QED) is 0.737. The highest BCUT2D eigenvalue weighted by molar-refractivity contribution is 8.22. The van der Waals surface area contributed by atoms with Gasteiger partial charge in [0.15, 0.2) is 0 Å². The van der Waals surface area contributed by atoms with E-state index in [4.69, 9.17) is 17.3 Å². The van der Waals surface area contributed by atoms with Crippen LogP contribution in [-0.4, -0.2) is 51.5 Å². The van der Waals surface area contributed by atoms with E-state index in [-0.39, 0.29) is 6.61 Å². The summed E-state index contributed by atoms with van der Waals surface area (Å²) in [6.07, 6.45) is 0. The molecule has 0 unspecified atom stereocenters. The van der Waals surface area contributed by atoms with Crippen molar-refractivity contribution in [1.82, 2.24) is 9.80 Å². The van der Waals surface area contributed by atoms with Crippen molar-refractivity contribution in [3.63, 3.8) is 0 Å². The molecule has 0 aromatic heterocycles. The zero-order valence-electron chi connectivity index (χ0n) is 8.77. The zero-order chi connectivity index (χ0) is 10.6. The minimum absolute atomic E-state index is 0.225. The topological polar surface area (TPSA) is 26.7 Å². The first kappa shape index (κ1) is 12.2. The maximum absolute atomic E-state index is 8.85. The molecule has 3 nitrogen and oxygen atoms in total. The predicted molar refractivity (Wildman–Crippen MR) is 65.3 cm³/mol. The van der Waals surface area contributed by atoms with Crippen LogP contribution < -0.4 is 0 Å². The minimum Gasteiger partial charge on any atom is -0.395 e. The molecule has 0 aromatic rings. The summed E-state index contributed by atoms with van der Waals surface area (Å²) in [5.74, 6) is 1.54.